The van der Waals surface area contributed by atoms with E-state index in [4.69, 9.17) is 23.7 Å². The van der Waals surface area contributed by atoms with Gasteiger partial charge in [-0.05, 0) is 31.6 Å². The summed E-state index contributed by atoms with van der Waals surface area (Å²) in [5.74, 6) is -5.83. The van der Waals surface area contributed by atoms with Crippen molar-refractivity contribution in [1.29, 1.82) is 0 Å². The van der Waals surface area contributed by atoms with Gasteiger partial charge in [0.05, 0.1) is 12.7 Å². The third-order valence-corrected chi connectivity index (χ3v) is 6.29. The minimum absolute atomic E-state index is 0.0247. The van der Waals surface area contributed by atoms with Crippen LogP contribution in [-0.4, -0.2) is 72.6 Å². The predicted molar refractivity (Wildman–Crippen MR) is 120 cm³/mol. The maximum Gasteiger partial charge on any atom is 0.338 e. The first-order valence-electron chi connectivity index (χ1n) is 11.3. The van der Waals surface area contributed by atoms with E-state index in [1.807, 2.05) is 0 Å². The second kappa shape index (κ2) is 10.2. The van der Waals surface area contributed by atoms with Crippen LogP contribution in [0.15, 0.2) is 35.5 Å². The lowest BCUT2D eigenvalue weighted by Crippen LogP contribution is -2.40. The van der Waals surface area contributed by atoms with E-state index in [2.05, 4.69) is 6.58 Å². The number of rotatable bonds is 4. The predicted octanol–water partition coefficient (Wildman–Crippen LogP) is 1.08. The smallest absolute Gasteiger partial charge is 0.338 e. The average Bonchev–Trinajstić information content (AvgIpc) is 3.32. The number of hydrogen-bond donors (Lipinski definition) is 0. The van der Waals surface area contributed by atoms with Crippen LogP contribution < -0.4 is 0 Å². The monoisotopic (exact) mass is 504 g/mol. The van der Waals surface area contributed by atoms with Crippen LogP contribution >= 0.6 is 0 Å². The van der Waals surface area contributed by atoms with Crippen molar-refractivity contribution >= 4 is 35.4 Å². The zero-order valence-electron chi connectivity index (χ0n) is 20.7. The highest BCUT2D eigenvalue weighted by Gasteiger charge is 2.58. The van der Waals surface area contributed by atoms with E-state index >= 15 is 0 Å². The van der Waals surface area contributed by atoms with E-state index in [1.165, 1.54) is 13.0 Å². The number of epoxide rings is 1. The van der Waals surface area contributed by atoms with Crippen LogP contribution in [0.5, 0.6) is 0 Å². The first-order chi connectivity index (χ1) is 16.8. The molecule has 0 aromatic carbocycles. The lowest BCUT2D eigenvalue weighted by atomic mass is 9.82. The highest BCUT2D eigenvalue weighted by Crippen LogP contribution is 2.43. The van der Waals surface area contributed by atoms with Crippen LogP contribution in [0, 0.1) is 5.92 Å². The Morgan fingerprint density at radius 3 is 2.33 bits per heavy atom. The zero-order valence-corrected chi connectivity index (χ0v) is 20.7. The Hall–Kier alpha value is -3.60. The Morgan fingerprint density at radius 2 is 1.75 bits per heavy atom. The maximum atomic E-state index is 13.4. The summed E-state index contributed by atoms with van der Waals surface area (Å²) in [6.07, 6.45) is -2.20. The summed E-state index contributed by atoms with van der Waals surface area (Å²) < 4.78 is 26.4. The minimum Gasteiger partial charge on any atom is -0.466 e. The van der Waals surface area contributed by atoms with Gasteiger partial charge in [-0.25, -0.2) is 9.59 Å². The molecule has 3 rings (SSSR count). The van der Waals surface area contributed by atoms with E-state index in [9.17, 15) is 28.8 Å². The van der Waals surface area contributed by atoms with Gasteiger partial charge in [0, 0.05) is 38.2 Å². The summed E-state index contributed by atoms with van der Waals surface area (Å²) in [6.45, 7) is 8.94. The summed E-state index contributed by atoms with van der Waals surface area (Å²) in [5.41, 5.74) is -1.28. The highest BCUT2D eigenvalue weighted by molar-refractivity contribution is 6.07. The number of methoxy groups -OCH3 is 1. The molecule has 11 heteroatoms. The van der Waals surface area contributed by atoms with Crippen molar-refractivity contribution < 1.29 is 52.5 Å². The zero-order chi connectivity index (χ0) is 26.9. The number of ketones is 2. The molecule has 2 aliphatic heterocycles. The molecule has 0 aromatic heterocycles. The van der Waals surface area contributed by atoms with Crippen molar-refractivity contribution in [2.45, 2.75) is 70.6 Å². The lowest BCUT2D eigenvalue weighted by molar-refractivity contribution is -0.157. The SMILES string of the molecule is C=C(C(=O)OC)C1CC(OC(C)=O)C2=CC(CC3(C)OC3C(=O)C=C(C)C(=O)C1OC(C)=O)OC2=O. The lowest BCUT2D eigenvalue weighted by Gasteiger charge is -2.29. The first kappa shape index (κ1) is 27.0. The van der Waals surface area contributed by atoms with Crippen LogP contribution in [0.25, 0.3) is 0 Å². The Bertz CT molecular complexity index is 1100. The topological polar surface area (TPSA) is 152 Å². The molecule has 0 radical (unpaired) electrons. The number of esters is 4. The van der Waals surface area contributed by atoms with Gasteiger partial charge in [0.25, 0.3) is 0 Å². The van der Waals surface area contributed by atoms with Crippen LogP contribution in [-0.2, 0) is 52.5 Å². The largest absolute Gasteiger partial charge is 0.466 e. The summed E-state index contributed by atoms with van der Waals surface area (Å²) in [4.78, 5) is 75.3. The fourth-order valence-corrected chi connectivity index (χ4v) is 4.48. The molecule has 194 valence electrons. The van der Waals surface area contributed by atoms with Gasteiger partial charge in [-0.1, -0.05) is 6.58 Å². The molecule has 6 atom stereocenters. The Balaban J connectivity index is 2.16. The average molecular weight is 504 g/mol. The third-order valence-electron chi connectivity index (χ3n) is 6.29. The molecule has 36 heavy (non-hydrogen) atoms. The van der Waals surface area contributed by atoms with Gasteiger partial charge in [0.15, 0.2) is 17.7 Å². The first-order valence-corrected chi connectivity index (χ1v) is 11.3. The van der Waals surface area contributed by atoms with Gasteiger partial charge in [0.1, 0.15) is 23.9 Å². The van der Waals surface area contributed by atoms with E-state index in [0.29, 0.717) is 0 Å². The van der Waals surface area contributed by atoms with Gasteiger partial charge >= 0.3 is 23.9 Å². The van der Waals surface area contributed by atoms with Gasteiger partial charge in [-0.15, -0.1) is 0 Å². The maximum absolute atomic E-state index is 13.4. The molecule has 1 saturated heterocycles. The summed E-state index contributed by atoms with van der Waals surface area (Å²) >= 11 is 0. The van der Waals surface area contributed by atoms with E-state index in [1.54, 1.807) is 6.92 Å². The van der Waals surface area contributed by atoms with Gasteiger partial charge < -0.3 is 23.7 Å². The van der Waals surface area contributed by atoms with E-state index in [-0.39, 0.29) is 29.6 Å². The fourth-order valence-electron chi connectivity index (χ4n) is 4.48. The molecule has 11 nitrogen and oxygen atoms in total. The van der Waals surface area contributed by atoms with Crippen molar-refractivity contribution in [3.63, 3.8) is 0 Å². The third kappa shape index (κ3) is 5.62. The van der Waals surface area contributed by atoms with Crippen LogP contribution in [0.3, 0.4) is 0 Å². The Kier molecular flexibility index (Phi) is 7.63. The molecule has 0 aromatic rings. The summed E-state index contributed by atoms with van der Waals surface area (Å²) in [6, 6.07) is 0. The quantitative estimate of drug-likeness (QED) is 0.234. The fraction of sp³-hybridized carbons (Fsp3) is 0.520. The molecular weight excluding hydrogens is 476 g/mol. The normalized spacial score (nSPS) is 32.1. The molecule has 1 fully saturated rings. The van der Waals surface area contributed by atoms with Crippen molar-refractivity contribution in [2.75, 3.05) is 7.11 Å². The van der Waals surface area contributed by atoms with Gasteiger partial charge in [0.2, 0.25) is 0 Å². The molecule has 0 spiro atoms. The highest BCUT2D eigenvalue weighted by atomic mass is 16.6. The molecule has 1 aliphatic carbocycles. The molecule has 6 unspecified atom stereocenters. The Morgan fingerprint density at radius 1 is 1.11 bits per heavy atom. The second-order valence-corrected chi connectivity index (χ2v) is 9.16. The molecular formula is C25H28O11. The second-order valence-electron chi connectivity index (χ2n) is 9.16. The van der Waals surface area contributed by atoms with Crippen LogP contribution in [0.1, 0.15) is 40.5 Å². The molecule has 2 heterocycles. The van der Waals surface area contributed by atoms with Crippen molar-refractivity contribution in [3.8, 4) is 0 Å². The molecule has 2 bridgehead atoms. The van der Waals surface area contributed by atoms with Crippen molar-refractivity contribution in [3.05, 3.63) is 35.5 Å². The van der Waals surface area contributed by atoms with Crippen molar-refractivity contribution in [2.24, 2.45) is 5.92 Å². The number of carbonyl (C=O) groups is 6. The van der Waals surface area contributed by atoms with Gasteiger partial charge in [-0.2, -0.15) is 0 Å². The molecule has 3 aliphatic rings. The number of hydrogen-bond acceptors (Lipinski definition) is 11. The summed E-state index contributed by atoms with van der Waals surface area (Å²) in [5, 5.41) is 0. The van der Waals surface area contributed by atoms with Gasteiger partial charge in [-0.3, -0.25) is 19.2 Å². The molecule has 0 amide bonds. The Labute approximate surface area is 207 Å². The van der Waals surface area contributed by atoms with E-state index < -0.39 is 71.4 Å². The number of fused-ring (bicyclic) bond motifs is 2. The van der Waals surface area contributed by atoms with Crippen molar-refractivity contribution in [1.82, 2.24) is 0 Å². The molecule has 0 N–H and O–H groups in total. The van der Waals surface area contributed by atoms with Crippen LogP contribution in [0.4, 0.5) is 0 Å². The van der Waals surface area contributed by atoms with Crippen LogP contribution in [0.2, 0.25) is 0 Å². The molecule has 0 saturated carbocycles. The standard InChI is InChI=1S/C25H28O11/c1-11-7-18(28)22-25(5,36-22)10-15-8-17(24(31)35-15)19(33-13(3)26)9-16(12(2)23(30)32-6)21(20(11)29)34-14(4)27/h7-8,15-16,19,21-22H,2,9-10H2,1,3-6H3. The minimum atomic E-state index is -1.64. The summed E-state index contributed by atoms with van der Waals surface area (Å²) in [7, 11) is 1.10. The van der Waals surface area contributed by atoms with E-state index in [0.717, 1.165) is 27.0 Å². The number of ether oxygens (including phenoxy) is 5. The number of Topliss-reactive ketones (excluding diaryl/α,β-unsaturated/α-hetero) is 1. The number of carbonyl (C=O) groups excluding carboxylic acids is 6.